The van der Waals surface area contributed by atoms with Gasteiger partial charge in [0.2, 0.25) is 5.88 Å². The van der Waals surface area contributed by atoms with Gasteiger partial charge in [-0.15, -0.1) is 0 Å². The Balaban J connectivity index is 2.53. The van der Waals surface area contributed by atoms with Crippen molar-refractivity contribution in [2.75, 3.05) is 11.7 Å². The maximum atomic E-state index is 13.0. The molecule has 0 saturated heterocycles. The molecule has 0 amide bonds. The van der Waals surface area contributed by atoms with Crippen molar-refractivity contribution in [3.05, 3.63) is 27.9 Å². The number of nitrogens with two attached hydrogens (primary N) is 1. The Morgan fingerprint density at radius 3 is 3.14 bits per heavy atom. The number of nitrogens with zero attached hydrogens (tertiary/aromatic N) is 2. The van der Waals surface area contributed by atoms with E-state index in [0.29, 0.717) is 5.94 Å². The van der Waals surface area contributed by atoms with Gasteiger partial charge in [-0.25, -0.2) is 13.8 Å². The van der Waals surface area contributed by atoms with Crippen LogP contribution in [-0.2, 0) is 4.74 Å². The molecular formula is C7H6FN3O2S. The highest BCUT2D eigenvalue weighted by atomic mass is 32.2. The molecule has 7 heteroatoms. The minimum atomic E-state index is -0.744. The number of thioether (sulfide) groups is 1. The summed E-state index contributed by atoms with van der Waals surface area (Å²) in [6.07, 6.45) is 0.961. The molecule has 0 bridgehead atoms. The highest BCUT2D eigenvalue weighted by Gasteiger charge is 2.13. The lowest BCUT2D eigenvalue weighted by Gasteiger charge is -2.05. The van der Waals surface area contributed by atoms with Crippen LogP contribution in [-0.4, -0.2) is 15.5 Å². The van der Waals surface area contributed by atoms with E-state index in [2.05, 4.69) is 4.98 Å². The van der Waals surface area contributed by atoms with Crippen molar-refractivity contribution in [3.63, 3.8) is 0 Å². The van der Waals surface area contributed by atoms with Crippen molar-refractivity contribution in [1.29, 1.82) is 0 Å². The molecule has 1 aromatic rings. The number of anilines is 1. The summed E-state index contributed by atoms with van der Waals surface area (Å²) in [7, 11) is 0. The predicted octanol–water partition coefficient (Wildman–Crippen LogP) is 0.441. The summed E-state index contributed by atoms with van der Waals surface area (Å²) >= 11 is 1.37. The van der Waals surface area contributed by atoms with E-state index in [9.17, 15) is 9.18 Å². The average Bonchev–Trinajstić information content (AvgIpc) is 2.64. The maximum Gasteiger partial charge on any atom is 0.356 e. The predicted molar refractivity (Wildman–Crippen MR) is 50.7 cm³/mol. The van der Waals surface area contributed by atoms with Crippen LogP contribution in [0, 0.1) is 5.82 Å². The Labute approximate surface area is 82.4 Å². The number of nitrogen functional groups attached to an aromatic ring is 1. The Morgan fingerprint density at radius 1 is 1.71 bits per heavy atom. The molecule has 0 atom stereocenters. The van der Waals surface area contributed by atoms with Crippen molar-refractivity contribution in [2.45, 2.75) is 0 Å². The first-order valence-electron chi connectivity index (χ1n) is 3.68. The largest absolute Gasteiger partial charge is 0.467 e. The van der Waals surface area contributed by atoms with E-state index in [4.69, 9.17) is 10.5 Å². The van der Waals surface area contributed by atoms with Gasteiger partial charge in [0.25, 0.3) is 0 Å². The average molecular weight is 215 g/mol. The molecule has 2 rings (SSSR count). The Hall–Kier alpha value is -1.50. The molecule has 2 N–H and O–H groups in total. The monoisotopic (exact) mass is 215 g/mol. The summed E-state index contributed by atoms with van der Waals surface area (Å²) in [5.41, 5.74) is 4.47. The molecule has 0 unspecified atom stereocenters. The van der Waals surface area contributed by atoms with E-state index in [0.717, 1.165) is 10.8 Å². The summed E-state index contributed by atoms with van der Waals surface area (Å²) < 4.78 is 19.0. The van der Waals surface area contributed by atoms with Gasteiger partial charge in [-0.2, -0.15) is 4.98 Å². The van der Waals surface area contributed by atoms with Crippen molar-refractivity contribution < 1.29 is 9.13 Å². The van der Waals surface area contributed by atoms with Crippen LogP contribution in [0.1, 0.15) is 0 Å². The van der Waals surface area contributed by atoms with E-state index in [1.807, 2.05) is 0 Å². The Bertz CT molecular complexity index is 457. The number of hydrogen-bond donors (Lipinski definition) is 1. The molecule has 2 heterocycles. The van der Waals surface area contributed by atoms with Gasteiger partial charge >= 0.3 is 5.69 Å². The summed E-state index contributed by atoms with van der Waals surface area (Å²) in [6.45, 7) is 0. The zero-order chi connectivity index (χ0) is 10.1. The molecule has 0 aliphatic carbocycles. The number of rotatable bonds is 1. The zero-order valence-electron chi connectivity index (χ0n) is 6.94. The number of aromatic nitrogens is 2. The molecule has 1 aliphatic rings. The third-order valence-electron chi connectivity index (χ3n) is 1.61. The number of hydrogen-bond acceptors (Lipinski definition) is 5. The Kier molecular flexibility index (Phi) is 2.16. The molecule has 0 fully saturated rings. The number of halogens is 1. The van der Waals surface area contributed by atoms with E-state index < -0.39 is 17.3 Å². The quantitative estimate of drug-likeness (QED) is 0.736. The second-order valence-corrected chi connectivity index (χ2v) is 3.32. The van der Waals surface area contributed by atoms with Crippen LogP contribution in [0.4, 0.5) is 10.2 Å². The van der Waals surface area contributed by atoms with E-state index >= 15 is 0 Å². The minimum absolute atomic E-state index is 0.270. The number of ether oxygens (including phenoxy) is 1. The van der Waals surface area contributed by atoms with E-state index in [1.54, 1.807) is 5.41 Å². The van der Waals surface area contributed by atoms with Gasteiger partial charge in [0, 0.05) is 5.41 Å². The summed E-state index contributed by atoms with van der Waals surface area (Å²) in [5, 5.41) is 1.61. The van der Waals surface area contributed by atoms with Crippen LogP contribution in [0.15, 0.2) is 16.4 Å². The molecule has 0 radical (unpaired) electrons. The third kappa shape index (κ3) is 1.46. The van der Waals surface area contributed by atoms with Gasteiger partial charge < -0.3 is 10.5 Å². The van der Waals surface area contributed by atoms with Crippen molar-refractivity contribution in [2.24, 2.45) is 0 Å². The molecule has 1 aromatic heterocycles. The first kappa shape index (κ1) is 9.07. The van der Waals surface area contributed by atoms with Crippen molar-refractivity contribution >= 4 is 23.5 Å². The van der Waals surface area contributed by atoms with Gasteiger partial charge in [-0.1, -0.05) is 11.8 Å². The van der Waals surface area contributed by atoms with Gasteiger partial charge in [0.15, 0.2) is 11.6 Å². The molecule has 74 valence electrons. The lowest BCUT2D eigenvalue weighted by atomic mass is 10.5. The fourth-order valence-corrected chi connectivity index (χ4v) is 1.54. The first-order valence-corrected chi connectivity index (χ1v) is 4.73. The van der Waals surface area contributed by atoms with Crippen LogP contribution in [0.2, 0.25) is 0 Å². The molecule has 1 aliphatic heterocycles. The lowest BCUT2D eigenvalue weighted by Crippen LogP contribution is -2.24. The zero-order valence-corrected chi connectivity index (χ0v) is 7.75. The molecular weight excluding hydrogens is 209 g/mol. The molecule has 0 spiro atoms. The third-order valence-corrected chi connectivity index (χ3v) is 2.23. The van der Waals surface area contributed by atoms with Gasteiger partial charge in [-0.05, 0) is 0 Å². The van der Waals surface area contributed by atoms with E-state index in [-0.39, 0.29) is 5.88 Å². The highest BCUT2D eigenvalue weighted by Crippen LogP contribution is 2.21. The van der Waals surface area contributed by atoms with Crippen molar-refractivity contribution in [1.82, 2.24) is 9.55 Å². The van der Waals surface area contributed by atoms with E-state index in [1.165, 1.54) is 11.8 Å². The molecule has 5 nitrogen and oxygen atoms in total. The lowest BCUT2D eigenvalue weighted by molar-refractivity contribution is 0.328. The van der Waals surface area contributed by atoms with Crippen LogP contribution in [0.3, 0.4) is 0 Å². The van der Waals surface area contributed by atoms with Crippen LogP contribution in [0.25, 0.3) is 5.88 Å². The second kappa shape index (κ2) is 3.33. The van der Waals surface area contributed by atoms with Gasteiger partial charge in [0.1, 0.15) is 5.94 Å². The summed E-state index contributed by atoms with van der Waals surface area (Å²) in [4.78, 5) is 14.6. The summed E-state index contributed by atoms with van der Waals surface area (Å²) in [5.74, 6) is -0.469. The molecule has 0 aromatic carbocycles. The first-order chi connectivity index (χ1) is 6.68. The minimum Gasteiger partial charge on any atom is -0.467 e. The standard InChI is InChI=1S/C7H6FN3O2S/c8-4-1-11(5-2-14-3-13-5)7(12)10-6(4)9/h1-2H,3H2,(H2,9,10,12). The van der Waals surface area contributed by atoms with Crippen LogP contribution in [0.5, 0.6) is 0 Å². The summed E-state index contributed by atoms with van der Waals surface area (Å²) in [6, 6.07) is 0. The highest BCUT2D eigenvalue weighted by molar-refractivity contribution is 8.02. The Morgan fingerprint density at radius 2 is 2.50 bits per heavy atom. The SMILES string of the molecule is Nc1nc(=O)n(C2=CSCO2)cc1F. The van der Waals surface area contributed by atoms with Crippen LogP contribution < -0.4 is 11.4 Å². The van der Waals surface area contributed by atoms with Crippen LogP contribution >= 0.6 is 11.8 Å². The normalized spacial score (nSPS) is 15.1. The van der Waals surface area contributed by atoms with Gasteiger partial charge in [0.05, 0.1) is 6.20 Å². The maximum absolute atomic E-state index is 13.0. The fourth-order valence-electron chi connectivity index (χ4n) is 0.963. The smallest absolute Gasteiger partial charge is 0.356 e. The molecule has 14 heavy (non-hydrogen) atoms. The topological polar surface area (TPSA) is 70.1 Å². The van der Waals surface area contributed by atoms with Crippen molar-refractivity contribution in [3.8, 4) is 0 Å². The van der Waals surface area contributed by atoms with Gasteiger partial charge in [-0.3, -0.25) is 0 Å². The second-order valence-electron chi connectivity index (χ2n) is 2.51. The fraction of sp³-hybridized carbons (Fsp3) is 0.143. The molecule has 0 saturated carbocycles.